The lowest BCUT2D eigenvalue weighted by molar-refractivity contribution is -0.153. The summed E-state index contributed by atoms with van der Waals surface area (Å²) in [5.74, 6) is -0.383. The Kier molecular flexibility index (Phi) is 3.64. The number of esters is 1. The minimum absolute atomic E-state index is 0.383. The molecule has 0 saturated carbocycles. The number of aryl methyl sites for hydroxylation is 1. The molecule has 0 aromatic heterocycles. The summed E-state index contributed by atoms with van der Waals surface area (Å²) >= 11 is 3.25. The fourth-order valence-corrected chi connectivity index (χ4v) is 2.28. The van der Waals surface area contributed by atoms with Crippen molar-refractivity contribution >= 4 is 27.5 Å². The quantitative estimate of drug-likeness (QED) is 0.805. The van der Waals surface area contributed by atoms with E-state index in [2.05, 4.69) is 22.9 Å². The molecule has 1 aliphatic heterocycles. The Balaban J connectivity index is 2.40. The van der Waals surface area contributed by atoms with Crippen molar-refractivity contribution in [1.82, 2.24) is 0 Å². The molecule has 1 aromatic carbocycles. The third-order valence-electron chi connectivity index (χ3n) is 2.75. The van der Waals surface area contributed by atoms with E-state index in [1.54, 1.807) is 0 Å². The van der Waals surface area contributed by atoms with Crippen molar-refractivity contribution in [2.24, 2.45) is 0 Å². The van der Waals surface area contributed by atoms with Crippen LogP contribution in [-0.4, -0.2) is 19.4 Å². The number of halogens is 1. The summed E-state index contributed by atoms with van der Waals surface area (Å²) in [4.78, 5) is 11.4. The van der Waals surface area contributed by atoms with Gasteiger partial charge in [0, 0.05) is 12.7 Å². The largest absolute Gasteiger partial charge is 0.427 e. The van der Waals surface area contributed by atoms with Crippen LogP contribution in [0, 0.1) is 0 Å². The maximum atomic E-state index is 11.4. The van der Waals surface area contributed by atoms with Gasteiger partial charge in [0.1, 0.15) is 4.48 Å². The van der Waals surface area contributed by atoms with Gasteiger partial charge in [0.05, 0.1) is 0 Å². The standard InChI is InChI=1S/C13H13BrO3/c1-3-8-4-6-9(7-5-8)10-11(14)12(15)17-13(10)16-2/h4-7,13H,3H2,1-2H3. The summed E-state index contributed by atoms with van der Waals surface area (Å²) in [5, 5.41) is 0. The van der Waals surface area contributed by atoms with Crippen LogP contribution in [0.2, 0.25) is 0 Å². The van der Waals surface area contributed by atoms with Crippen LogP contribution in [0.5, 0.6) is 0 Å². The molecule has 0 saturated heterocycles. The van der Waals surface area contributed by atoms with Crippen LogP contribution in [0.4, 0.5) is 0 Å². The zero-order chi connectivity index (χ0) is 12.4. The number of cyclic esters (lactones) is 1. The van der Waals surface area contributed by atoms with E-state index in [0.29, 0.717) is 4.48 Å². The highest BCUT2D eigenvalue weighted by Crippen LogP contribution is 2.35. The highest BCUT2D eigenvalue weighted by molar-refractivity contribution is 9.12. The lowest BCUT2D eigenvalue weighted by Crippen LogP contribution is -2.13. The average molecular weight is 297 g/mol. The van der Waals surface area contributed by atoms with Gasteiger partial charge < -0.3 is 9.47 Å². The molecule has 0 spiro atoms. The second-order valence-electron chi connectivity index (χ2n) is 3.75. The first-order chi connectivity index (χ1) is 8.17. The molecule has 90 valence electrons. The number of methoxy groups -OCH3 is 1. The van der Waals surface area contributed by atoms with E-state index in [1.807, 2.05) is 24.3 Å². The van der Waals surface area contributed by atoms with E-state index < -0.39 is 6.29 Å². The molecule has 0 N–H and O–H groups in total. The normalized spacial score (nSPS) is 19.7. The first-order valence-electron chi connectivity index (χ1n) is 5.40. The van der Waals surface area contributed by atoms with Crippen molar-refractivity contribution < 1.29 is 14.3 Å². The van der Waals surface area contributed by atoms with Gasteiger partial charge in [-0.25, -0.2) is 4.79 Å². The summed E-state index contributed by atoms with van der Waals surface area (Å²) in [6, 6.07) is 8.03. The molecule has 0 fully saturated rings. The molecule has 2 rings (SSSR count). The van der Waals surface area contributed by atoms with Crippen molar-refractivity contribution in [3.63, 3.8) is 0 Å². The monoisotopic (exact) mass is 296 g/mol. The van der Waals surface area contributed by atoms with Crippen LogP contribution in [0.1, 0.15) is 18.1 Å². The van der Waals surface area contributed by atoms with Gasteiger partial charge in [-0.1, -0.05) is 31.2 Å². The lowest BCUT2D eigenvalue weighted by atomic mass is 10.0. The maximum absolute atomic E-state index is 11.4. The first-order valence-corrected chi connectivity index (χ1v) is 6.19. The Bertz CT molecular complexity index is 462. The van der Waals surface area contributed by atoms with Crippen molar-refractivity contribution in [1.29, 1.82) is 0 Å². The predicted molar refractivity (Wildman–Crippen MR) is 68.6 cm³/mol. The molecule has 0 aliphatic carbocycles. The molecule has 4 heteroatoms. The number of carbonyl (C=O) groups is 1. The second-order valence-corrected chi connectivity index (χ2v) is 4.54. The van der Waals surface area contributed by atoms with Gasteiger partial charge in [0.25, 0.3) is 0 Å². The van der Waals surface area contributed by atoms with Crippen molar-refractivity contribution in [3.05, 3.63) is 39.9 Å². The summed E-state index contributed by atoms with van der Waals surface area (Å²) in [5.41, 5.74) is 2.94. The summed E-state index contributed by atoms with van der Waals surface area (Å²) in [6.45, 7) is 2.10. The molecule has 0 amide bonds. The topological polar surface area (TPSA) is 35.5 Å². The highest BCUT2D eigenvalue weighted by Gasteiger charge is 2.33. The molecular weight excluding hydrogens is 284 g/mol. The van der Waals surface area contributed by atoms with Gasteiger partial charge in [0.2, 0.25) is 6.29 Å². The molecule has 0 bridgehead atoms. The van der Waals surface area contributed by atoms with Crippen LogP contribution in [0.15, 0.2) is 28.7 Å². The molecular formula is C13H13BrO3. The number of hydrogen-bond donors (Lipinski definition) is 0. The van der Waals surface area contributed by atoms with Gasteiger partial charge in [0.15, 0.2) is 0 Å². The van der Waals surface area contributed by atoms with Gasteiger partial charge in [-0.2, -0.15) is 0 Å². The van der Waals surface area contributed by atoms with Crippen LogP contribution in [0.3, 0.4) is 0 Å². The minimum atomic E-state index is -0.621. The van der Waals surface area contributed by atoms with E-state index in [1.165, 1.54) is 12.7 Å². The van der Waals surface area contributed by atoms with Crippen LogP contribution < -0.4 is 0 Å². The van der Waals surface area contributed by atoms with Crippen LogP contribution in [-0.2, 0) is 20.7 Å². The third kappa shape index (κ3) is 2.28. The Morgan fingerprint density at radius 3 is 2.53 bits per heavy atom. The third-order valence-corrected chi connectivity index (χ3v) is 3.50. The molecule has 1 aliphatic rings. The smallest absolute Gasteiger partial charge is 0.348 e. The highest BCUT2D eigenvalue weighted by atomic mass is 79.9. The number of carbonyl (C=O) groups excluding carboxylic acids is 1. The predicted octanol–water partition coefficient (Wildman–Crippen LogP) is 2.88. The van der Waals surface area contributed by atoms with Gasteiger partial charge in [-0.05, 0) is 33.5 Å². The van der Waals surface area contributed by atoms with Crippen LogP contribution >= 0.6 is 15.9 Å². The number of rotatable bonds is 3. The summed E-state index contributed by atoms with van der Waals surface area (Å²) in [6.07, 6.45) is 0.369. The number of ether oxygens (including phenoxy) is 2. The van der Waals surface area contributed by atoms with E-state index in [9.17, 15) is 4.79 Å². The number of hydrogen-bond acceptors (Lipinski definition) is 3. The average Bonchev–Trinajstić information content (AvgIpc) is 2.65. The van der Waals surface area contributed by atoms with Gasteiger partial charge in [-0.3, -0.25) is 0 Å². The van der Waals surface area contributed by atoms with Crippen molar-refractivity contribution in [3.8, 4) is 0 Å². The maximum Gasteiger partial charge on any atom is 0.348 e. The molecule has 3 nitrogen and oxygen atoms in total. The molecule has 0 radical (unpaired) electrons. The molecule has 1 atom stereocenters. The number of benzene rings is 1. The fourth-order valence-electron chi connectivity index (χ4n) is 1.77. The minimum Gasteiger partial charge on any atom is -0.427 e. The van der Waals surface area contributed by atoms with E-state index >= 15 is 0 Å². The van der Waals surface area contributed by atoms with E-state index in [-0.39, 0.29) is 5.97 Å². The molecule has 1 heterocycles. The second kappa shape index (κ2) is 5.02. The fraction of sp³-hybridized carbons (Fsp3) is 0.308. The molecule has 1 unspecified atom stereocenters. The lowest BCUT2D eigenvalue weighted by Gasteiger charge is -2.12. The van der Waals surface area contributed by atoms with Crippen molar-refractivity contribution in [2.75, 3.05) is 7.11 Å². The van der Waals surface area contributed by atoms with Gasteiger partial charge >= 0.3 is 5.97 Å². The molecule has 17 heavy (non-hydrogen) atoms. The van der Waals surface area contributed by atoms with E-state index in [4.69, 9.17) is 9.47 Å². The Hall–Kier alpha value is -1.13. The summed E-state index contributed by atoms with van der Waals surface area (Å²) < 4.78 is 10.6. The Labute approximate surface area is 109 Å². The zero-order valence-corrected chi connectivity index (χ0v) is 11.3. The first kappa shape index (κ1) is 12.3. The van der Waals surface area contributed by atoms with Crippen LogP contribution in [0.25, 0.3) is 5.57 Å². The molecule has 1 aromatic rings. The summed E-state index contributed by atoms with van der Waals surface area (Å²) in [7, 11) is 1.52. The Morgan fingerprint density at radius 1 is 1.35 bits per heavy atom. The van der Waals surface area contributed by atoms with Crippen molar-refractivity contribution in [2.45, 2.75) is 19.6 Å². The SMILES string of the molecule is CCc1ccc(C2=C(Br)C(=O)OC2OC)cc1. The van der Waals surface area contributed by atoms with Gasteiger partial charge in [-0.15, -0.1) is 0 Å². The van der Waals surface area contributed by atoms with E-state index in [0.717, 1.165) is 17.6 Å². The zero-order valence-electron chi connectivity index (χ0n) is 9.70. The Morgan fingerprint density at radius 2 is 2.00 bits per heavy atom.